The number of halogens is 1. The lowest BCUT2D eigenvalue weighted by Crippen LogP contribution is -2.40. The molecule has 1 amide bonds. The van der Waals surface area contributed by atoms with Gasteiger partial charge in [0, 0.05) is 18.1 Å². The number of nitrogens with one attached hydrogen (secondary N) is 1. The topological polar surface area (TPSA) is 45.5 Å². The molecule has 5 heteroatoms. The molecule has 1 aliphatic rings. The highest BCUT2D eigenvalue weighted by atomic mass is 19.1. The van der Waals surface area contributed by atoms with E-state index in [4.69, 9.17) is 4.42 Å². The van der Waals surface area contributed by atoms with E-state index in [-0.39, 0.29) is 17.3 Å². The van der Waals surface area contributed by atoms with Crippen molar-refractivity contribution in [1.29, 1.82) is 0 Å². The molecular weight excluding hydrogens is 319 g/mol. The van der Waals surface area contributed by atoms with Crippen molar-refractivity contribution in [3.05, 3.63) is 59.3 Å². The average molecular weight is 344 g/mol. The van der Waals surface area contributed by atoms with E-state index in [1.54, 1.807) is 18.2 Å². The highest BCUT2D eigenvalue weighted by molar-refractivity contribution is 5.91. The molecule has 1 fully saturated rings. The van der Waals surface area contributed by atoms with Gasteiger partial charge in [-0.05, 0) is 63.4 Å². The van der Waals surface area contributed by atoms with E-state index in [0.717, 1.165) is 24.2 Å². The third kappa shape index (κ3) is 4.92. The Morgan fingerprint density at radius 2 is 1.84 bits per heavy atom. The Kier molecular flexibility index (Phi) is 4.95. The maximum atomic E-state index is 13.1. The van der Waals surface area contributed by atoms with Gasteiger partial charge < -0.3 is 9.73 Å². The van der Waals surface area contributed by atoms with Crippen LogP contribution in [0.1, 0.15) is 55.5 Å². The van der Waals surface area contributed by atoms with E-state index < -0.39 is 0 Å². The second kappa shape index (κ2) is 7.00. The third-order valence-electron chi connectivity index (χ3n) is 4.38. The van der Waals surface area contributed by atoms with Crippen molar-refractivity contribution < 1.29 is 13.6 Å². The summed E-state index contributed by atoms with van der Waals surface area (Å²) in [4.78, 5) is 14.3. The SMILES string of the molecule is CC(C)(C)N(Cc1ccc(F)cc1)Cc1ccc(C(=O)NC2CC2)o1. The first-order valence-corrected chi connectivity index (χ1v) is 8.70. The molecule has 0 bridgehead atoms. The molecule has 4 nitrogen and oxygen atoms in total. The Morgan fingerprint density at radius 1 is 1.16 bits per heavy atom. The molecule has 0 spiro atoms. The molecule has 0 saturated heterocycles. The maximum Gasteiger partial charge on any atom is 0.287 e. The zero-order chi connectivity index (χ0) is 18.0. The van der Waals surface area contributed by atoms with Gasteiger partial charge in [-0.25, -0.2) is 4.39 Å². The van der Waals surface area contributed by atoms with Crippen molar-refractivity contribution in [1.82, 2.24) is 10.2 Å². The molecule has 0 atom stereocenters. The number of nitrogens with zero attached hydrogens (tertiary/aromatic N) is 1. The van der Waals surface area contributed by atoms with Crippen LogP contribution in [0.15, 0.2) is 40.8 Å². The number of carbonyl (C=O) groups excluding carboxylic acids is 1. The first-order valence-electron chi connectivity index (χ1n) is 8.70. The molecule has 1 N–H and O–H groups in total. The van der Waals surface area contributed by atoms with Crippen molar-refractivity contribution in [3.8, 4) is 0 Å². The smallest absolute Gasteiger partial charge is 0.287 e. The van der Waals surface area contributed by atoms with Gasteiger partial charge in [0.1, 0.15) is 11.6 Å². The predicted octanol–water partition coefficient (Wildman–Crippen LogP) is 4.11. The second-order valence-corrected chi connectivity index (χ2v) is 7.67. The minimum absolute atomic E-state index is 0.0996. The summed E-state index contributed by atoms with van der Waals surface area (Å²) < 4.78 is 18.9. The minimum atomic E-state index is -0.233. The fraction of sp³-hybridized carbons (Fsp3) is 0.450. The van der Waals surface area contributed by atoms with Crippen LogP contribution in [0, 0.1) is 5.82 Å². The summed E-state index contributed by atoms with van der Waals surface area (Å²) in [5.41, 5.74) is 0.937. The van der Waals surface area contributed by atoms with Gasteiger partial charge in [0.05, 0.1) is 6.54 Å². The molecule has 2 aromatic rings. The highest BCUT2D eigenvalue weighted by Crippen LogP contribution is 2.23. The van der Waals surface area contributed by atoms with Crippen LogP contribution in [0.3, 0.4) is 0 Å². The second-order valence-electron chi connectivity index (χ2n) is 7.67. The van der Waals surface area contributed by atoms with Gasteiger partial charge >= 0.3 is 0 Å². The van der Waals surface area contributed by atoms with Crippen LogP contribution in [0.25, 0.3) is 0 Å². The standard InChI is InChI=1S/C20H25FN2O2/c1-20(2,3)23(12-14-4-6-15(21)7-5-14)13-17-10-11-18(25-17)19(24)22-16-8-9-16/h4-7,10-11,16H,8-9,12-13H2,1-3H3,(H,22,24). The van der Waals surface area contributed by atoms with E-state index in [9.17, 15) is 9.18 Å². The first kappa shape index (κ1) is 17.7. The molecule has 1 aliphatic carbocycles. The zero-order valence-electron chi connectivity index (χ0n) is 15.0. The summed E-state index contributed by atoms with van der Waals surface area (Å²) in [7, 11) is 0. The number of hydrogen-bond donors (Lipinski definition) is 1. The molecule has 134 valence electrons. The molecule has 25 heavy (non-hydrogen) atoms. The molecule has 0 unspecified atom stereocenters. The zero-order valence-corrected chi connectivity index (χ0v) is 15.0. The summed E-state index contributed by atoms with van der Waals surface area (Å²) in [6.07, 6.45) is 2.10. The lowest BCUT2D eigenvalue weighted by atomic mass is 10.0. The largest absolute Gasteiger partial charge is 0.455 e. The van der Waals surface area contributed by atoms with Crippen molar-refractivity contribution in [2.75, 3.05) is 0 Å². The molecule has 1 aromatic heterocycles. The summed E-state index contributed by atoms with van der Waals surface area (Å²) in [5.74, 6) is 0.730. The van der Waals surface area contributed by atoms with Gasteiger partial charge in [0.15, 0.2) is 5.76 Å². The highest BCUT2D eigenvalue weighted by Gasteiger charge is 2.26. The van der Waals surface area contributed by atoms with E-state index in [1.807, 2.05) is 6.07 Å². The van der Waals surface area contributed by atoms with Crippen LogP contribution < -0.4 is 5.32 Å². The van der Waals surface area contributed by atoms with Crippen molar-refractivity contribution in [2.45, 2.75) is 58.3 Å². The van der Waals surface area contributed by atoms with Gasteiger partial charge in [-0.1, -0.05) is 12.1 Å². The van der Waals surface area contributed by atoms with E-state index in [1.165, 1.54) is 12.1 Å². The van der Waals surface area contributed by atoms with Crippen molar-refractivity contribution >= 4 is 5.91 Å². The van der Waals surface area contributed by atoms with Gasteiger partial charge in [-0.15, -0.1) is 0 Å². The third-order valence-corrected chi connectivity index (χ3v) is 4.38. The van der Waals surface area contributed by atoms with Gasteiger partial charge in [-0.3, -0.25) is 9.69 Å². The summed E-state index contributed by atoms with van der Waals surface area (Å²) in [6, 6.07) is 10.4. The van der Waals surface area contributed by atoms with E-state index >= 15 is 0 Å². The van der Waals surface area contributed by atoms with Crippen LogP contribution in [0.4, 0.5) is 4.39 Å². The van der Waals surface area contributed by atoms with Gasteiger partial charge in [0.2, 0.25) is 0 Å². The number of hydrogen-bond acceptors (Lipinski definition) is 3. The molecule has 3 rings (SSSR count). The van der Waals surface area contributed by atoms with Crippen LogP contribution in [0.5, 0.6) is 0 Å². The molecular formula is C20H25FN2O2. The van der Waals surface area contributed by atoms with Crippen LogP contribution in [0.2, 0.25) is 0 Å². The minimum Gasteiger partial charge on any atom is -0.455 e. The number of furan rings is 1. The quantitative estimate of drug-likeness (QED) is 0.858. The van der Waals surface area contributed by atoms with E-state index in [2.05, 4.69) is 31.0 Å². The molecule has 0 aliphatic heterocycles. The Hall–Kier alpha value is -2.14. The Morgan fingerprint density at radius 3 is 2.44 bits per heavy atom. The van der Waals surface area contributed by atoms with E-state index in [0.29, 0.717) is 24.9 Å². The summed E-state index contributed by atoms with van der Waals surface area (Å²) >= 11 is 0. The average Bonchev–Trinajstić information content (AvgIpc) is 3.22. The van der Waals surface area contributed by atoms with Crippen LogP contribution >= 0.6 is 0 Å². The molecule has 1 saturated carbocycles. The maximum absolute atomic E-state index is 13.1. The lowest BCUT2D eigenvalue weighted by Gasteiger charge is -2.35. The first-order chi connectivity index (χ1) is 11.8. The molecule has 1 heterocycles. The predicted molar refractivity (Wildman–Crippen MR) is 94.6 cm³/mol. The van der Waals surface area contributed by atoms with Gasteiger partial charge in [0.25, 0.3) is 5.91 Å². The lowest BCUT2D eigenvalue weighted by molar-refractivity contribution is 0.0904. The normalized spacial score (nSPS) is 14.8. The van der Waals surface area contributed by atoms with Crippen LogP contribution in [-0.2, 0) is 13.1 Å². The Balaban J connectivity index is 1.68. The fourth-order valence-electron chi connectivity index (χ4n) is 2.60. The number of rotatable bonds is 6. The van der Waals surface area contributed by atoms with Crippen molar-refractivity contribution in [2.24, 2.45) is 0 Å². The number of benzene rings is 1. The molecule has 1 aromatic carbocycles. The summed E-state index contributed by atoms with van der Waals surface area (Å²) in [6.45, 7) is 7.63. The van der Waals surface area contributed by atoms with Crippen LogP contribution in [-0.4, -0.2) is 22.4 Å². The monoisotopic (exact) mass is 344 g/mol. The number of carbonyl (C=O) groups is 1. The Labute approximate surface area is 148 Å². The van der Waals surface area contributed by atoms with Crippen molar-refractivity contribution in [3.63, 3.8) is 0 Å². The van der Waals surface area contributed by atoms with Gasteiger partial charge in [-0.2, -0.15) is 0 Å². The number of amides is 1. The Bertz CT molecular complexity index is 727. The fourth-order valence-corrected chi connectivity index (χ4v) is 2.60. The summed E-state index contributed by atoms with van der Waals surface area (Å²) in [5, 5.41) is 2.93. The molecule has 0 radical (unpaired) electrons.